The van der Waals surface area contributed by atoms with Gasteiger partial charge in [-0.25, -0.2) is 14.8 Å². The Morgan fingerprint density at radius 1 is 1.07 bits per heavy atom. The Morgan fingerprint density at radius 2 is 1.75 bits per heavy atom. The summed E-state index contributed by atoms with van der Waals surface area (Å²) in [4.78, 5) is 21.4. The molecule has 0 N–H and O–H groups in total. The molecule has 5 nitrogen and oxygen atoms in total. The van der Waals surface area contributed by atoms with Crippen molar-refractivity contribution >= 4 is 17.7 Å². The molecule has 28 heavy (non-hydrogen) atoms. The normalized spacial score (nSPS) is 10.3. The van der Waals surface area contributed by atoms with Gasteiger partial charge in [0, 0.05) is 17.1 Å². The second-order valence-corrected chi connectivity index (χ2v) is 7.21. The largest absolute Gasteiger partial charge is 0.457 e. The molecule has 0 radical (unpaired) electrons. The quantitative estimate of drug-likeness (QED) is 0.348. The lowest BCUT2D eigenvalue weighted by Crippen LogP contribution is -2.08. The Balaban J connectivity index is 1.66. The molecule has 2 aromatic carbocycles. The lowest BCUT2D eigenvalue weighted by atomic mass is 10.1. The van der Waals surface area contributed by atoms with Gasteiger partial charge in [-0.15, -0.1) is 0 Å². The van der Waals surface area contributed by atoms with Crippen LogP contribution in [0.5, 0.6) is 0 Å². The number of ether oxygens (including phenoxy) is 1. The number of aryl methyl sites for hydroxylation is 2. The van der Waals surface area contributed by atoms with Gasteiger partial charge in [-0.2, -0.15) is 5.26 Å². The van der Waals surface area contributed by atoms with Crippen molar-refractivity contribution in [2.24, 2.45) is 0 Å². The fraction of sp³-hybridized carbons (Fsp3) is 0.182. The predicted molar refractivity (Wildman–Crippen MR) is 108 cm³/mol. The van der Waals surface area contributed by atoms with Crippen molar-refractivity contribution < 1.29 is 9.53 Å². The molecule has 0 aliphatic heterocycles. The second kappa shape index (κ2) is 9.16. The van der Waals surface area contributed by atoms with Gasteiger partial charge in [0.25, 0.3) is 0 Å². The van der Waals surface area contributed by atoms with E-state index < -0.39 is 0 Å². The Bertz CT molecular complexity index is 1010. The molecule has 3 rings (SSSR count). The van der Waals surface area contributed by atoms with Gasteiger partial charge in [0.15, 0.2) is 5.16 Å². The van der Waals surface area contributed by atoms with E-state index in [2.05, 4.69) is 16.0 Å². The maximum Gasteiger partial charge on any atom is 0.338 e. The van der Waals surface area contributed by atoms with Crippen LogP contribution in [0.2, 0.25) is 0 Å². The van der Waals surface area contributed by atoms with E-state index in [1.165, 1.54) is 11.8 Å². The lowest BCUT2D eigenvalue weighted by molar-refractivity contribution is 0.0472. The van der Waals surface area contributed by atoms with Crippen molar-refractivity contribution in [2.45, 2.75) is 31.4 Å². The number of rotatable bonds is 6. The molecule has 0 aliphatic carbocycles. The van der Waals surface area contributed by atoms with E-state index in [1.807, 2.05) is 38.1 Å². The highest BCUT2D eigenvalue weighted by molar-refractivity contribution is 7.98. The average Bonchev–Trinajstić information content (AvgIpc) is 2.70. The lowest BCUT2D eigenvalue weighted by Gasteiger charge is -2.10. The third-order valence-electron chi connectivity index (χ3n) is 4.01. The second-order valence-electron chi connectivity index (χ2n) is 6.26. The van der Waals surface area contributed by atoms with Crippen molar-refractivity contribution in [2.75, 3.05) is 0 Å². The summed E-state index contributed by atoms with van der Waals surface area (Å²) in [5.74, 6) is 0.201. The standard InChI is InChI=1S/C22H19N3O2S/c1-15-11-16(2)25-22(24-15)28-14-19-5-3-4-6-20(19)21(26)27-13-18-9-7-17(12-23)8-10-18/h3-11H,13-14H2,1-2H3. The number of hydrogen-bond acceptors (Lipinski definition) is 6. The minimum absolute atomic E-state index is 0.159. The molecule has 0 spiro atoms. The summed E-state index contributed by atoms with van der Waals surface area (Å²) in [5.41, 5.74) is 4.66. The first kappa shape index (κ1) is 19.6. The first-order chi connectivity index (χ1) is 13.5. The first-order valence-corrected chi connectivity index (χ1v) is 9.73. The Morgan fingerprint density at radius 3 is 2.43 bits per heavy atom. The van der Waals surface area contributed by atoms with Crippen LogP contribution in [0.3, 0.4) is 0 Å². The van der Waals surface area contributed by atoms with Crippen LogP contribution >= 0.6 is 11.8 Å². The van der Waals surface area contributed by atoms with Crippen LogP contribution < -0.4 is 0 Å². The highest BCUT2D eigenvalue weighted by Gasteiger charge is 2.13. The molecule has 3 aromatic rings. The topological polar surface area (TPSA) is 75.9 Å². The number of nitriles is 1. The van der Waals surface area contributed by atoms with Gasteiger partial charge in [-0.3, -0.25) is 0 Å². The van der Waals surface area contributed by atoms with Gasteiger partial charge in [0.05, 0.1) is 17.2 Å². The Kier molecular flexibility index (Phi) is 6.41. The summed E-state index contributed by atoms with van der Waals surface area (Å²) in [6.07, 6.45) is 0. The van der Waals surface area contributed by atoms with Crippen LogP contribution in [0.1, 0.15) is 38.4 Å². The zero-order valence-corrected chi connectivity index (χ0v) is 16.5. The van der Waals surface area contributed by atoms with Crippen molar-refractivity contribution in [3.05, 3.63) is 88.2 Å². The monoisotopic (exact) mass is 389 g/mol. The minimum atomic E-state index is -0.373. The van der Waals surface area contributed by atoms with E-state index in [1.54, 1.807) is 30.3 Å². The van der Waals surface area contributed by atoms with E-state index in [0.717, 1.165) is 22.5 Å². The zero-order chi connectivity index (χ0) is 19.9. The van der Waals surface area contributed by atoms with E-state index in [-0.39, 0.29) is 12.6 Å². The van der Waals surface area contributed by atoms with Gasteiger partial charge in [0.1, 0.15) is 6.61 Å². The fourth-order valence-electron chi connectivity index (χ4n) is 2.65. The van der Waals surface area contributed by atoms with Gasteiger partial charge in [0.2, 0.25) is 0 Å². The van der Waals surface area contributed by atoms with Gasteiger partial charge in [-0.05, 0) is 49.2 Å². The van der Waals surface area contributed by atoms with Crippen molar-refractivity contribution in [3.63, 3.8) is 0 Å². The highest BCUT2D eigenvalue weighted by Crippen LogP contribution is 2.23. The van der Waals surface area contributed by atoms with E-state index in [4.69, 9.17) is 10.00 Å². The summed E-state index contributed by atoms with van der Waals surface area (Å²) in [6, 6.07) is 18.4. The van der Waals surface area contributed by atoms with E-state index in [0.29, 0.717) is 22.0 Å². The van der Waals surface area contributed by atoms with Crippen LogP contribution in [-0.2, 0) is 17.1 Å². The van der Waals surface area contributed by atoms with Crippen LogP contribution in [0.25, 0.3) is 0 Å². The molecular weight excluding hydrogens is 370 g/mol. The summed E-state index contributed by atoms with van der Waals surface area (Å²) in [6.45, 7) is 4.03. The molecule has 1 aromatic heterocycles. The van der Waals surface area contributed by atoms with Crippen molar-refractivity contribution in [3.8, 4) is 6.07 Å². The number of aromatic nitrogens is 2. The number of esters is 1. The Labute approximate surface area is 168 Å². The molecule has 0 saturated carbocycles. The molecule has 1 heterocycles. The summed E-state index contributed by atoms with van der Waals surface area (Å²) >= 11 is 1.49. The third-order valence-corrected chi connectivity index (χ3v) is 4.90. The number of nitrogens with zero attached hydrogens (tertiary/aromatic N) is 3. The van der Waals surface area contributed by atoms with Crippen LogP contribution in [0.4, 0.5) is 0 Å². The molecule has 0 amide bonds. The third kappa shape index (κ3) is 5.18. The minimum Gasteiger partial charge on any atom is -0.457 e. The average molecular weight is 389 g/mol. The van der Waals surface area contributed by atoms with Crippen molar-refractivity contribution in [1.82, 2.24) is 9.97 Å². The van der Waals surface area contributed by atoms with Gasteiger partial charge >= 0.3 is 5.97 Å². The predicted octanol–water partition coefficient (Wildman–Crippen LogP) is 4.61. The molecule has 0 aliphatic rings. The fourth-order valence-corrected chi connectivity index (χ4v) is 3.60. The molecule has 6 heteroatoms. The van der Waals surface area contributed by atoms with Crippen LogP contribution in [0, 0.1) is 25.2 Å². The summed E-state index contributed by atoms with van der Waals surface area (Å²) in [5, 5.41) is 9.54. The summed E-state index contributed by atoms with van der Waals surface area (Å²) in [7, 11) is 0. The highest BCUT2D eigenvalue weighted by atomic mass is 32.2. The Hall–Kier alpha value is -3.17. The molecule has 0 fully saturated rings. The molecule has 0 bridgehead atoms. The number of thioether (sulfide) groups is 1. The molecule has 0 unspecified atom stereocenters. The summed E-state index contributed by atoms with van der Waals surface area (Å²) < 4.78 is 5.46. The van der Waals surface area contributed by atoms with Gasteiger partial charge < -0.3 is 4.74 Å². The van der Waals surface area contributed by atoms with Crippen LogP contribution in [-0.4, -0.2) is 15.9 Å². The maximum absolute atomic E-state index is 12.6. The van der Waals surface area contributed by atoms with Gasteiger partial charge in [-0.1, -0.05) is 42.1 Å². The smallest absolute Gasteiger partial charge is 0.338 e. The van der Waals surface area contributed by atoms with Crippen LogP contribution in [0.15, 0.2) is 59.8 Å². The molecule has 140 valence electrons. The van der Waals surface area contributed by atoms with E-state index >= 15 is 0 Å². The first-order valence-electron chi connectivity index (χ1n) is 8.74. The zero-order valence-electron chi connectivity index (χ0n) is 15.7. The molecular formula is C22H19N3O2S. The molecule has 0 atom stereocenters. The van der Waals surface area contributed by atoms with Crippen molar-refractivity contribution in [1.29, 1.82) is 5.26 Å². The number of hydrogen-bond donors (Lipinski definition) is 0. The number of benzene rings is 2. The molecule has 0 saturated heterocycles. The number of carbonyl (C=O) groups is 1. The maximum atomic E-state index is 12.6. The van der Waals surface area contributed by atoms with E-state index in [9.17, 15) is 4.79 Å². The number of carbonyl (C=O) groups excluding carboxylic acids is 1. The SMILES string of the molecule is Cc1cc(C)nc(SCc2ccccc2C(=O)OCc2ccc(C#N)cc2)n1.